The van der Waals surface area contributed by atoms with E-state index in [4.69, 9.17) is 11.6 Å². The predicted molar refractivity (Wildman–Crippen MR) is 74.4 cm³/mol. The molecule has 0 aliphatic carbocycles. The van der Waals surface area contributed by atoms with Crippen molar-refractivity contribution in [3.63, 3.8) is 0 Å². The molecule has 1 aromatic heterocycles. The van der Waals surface area contributed by atoms with Gasteiger partial charge in [-0.2, -0.15) is 0 Å². The van der Waals surface area contributed by atoms with E-state index in [1.54, 1.807) is 12.3 Å². The highest BCUT2D eigenvalue weighted by Crippen LogP contribution is 2.29. The van der Waals surface area contributed by atoms with E-state index >= 15 is 0 Å². The minimum Gasteiger partial charge on any atom is -0.354 e. The Bertz CT molecular complexity index is 517. The number of halogens is 3. The number of pyridine rings is 1. The molecule has 0 fully saturated rings. The van der Waals surface area contributed by atoms with Crippen molar-refractivity contribution < 1.29 is 0 Å². The van der Waals surface area contributed by atoms with E-state index in [-0.39, 0.29) is 0 Å². The number of nitrogens with zero attached hydrogens (tertiary/aromatic N) is 1. The van der Waals surface area contributed by atoms with E-state index in [9.17, 15) is 0 Å². The average molecular weight is 362 g/mol. The highest BCUT2D eigenvalue weighted by molar-refractivity contribution is 9.11. The highest BCUT2D eigenvalue weighted by atomic mass is 79.9. The standard InChI is InChI=1S/C11H7Br2ClN2/c12-7-1-2-10(9(13)5-7)16-8-3-4-15-11(14)6-8/h1-6H,(H,15,16). The van der Waals surface area contributed by atoms with Crippen LogP contribution in [0, 0.1) is 0 Å². The fourth-order valence-corrected chi connectivity index (χ4v) is 2.55. The maximum absolute atomic E-state index is 5.81. The summed E-state index contributed by atoms with van der Waals surface area (Å²) in [6.07, 6.45) is 1.66. The van der Waals surface area contributed by atoms with Crippen LogP contribution in [0.15, 0.2) is 45.5 Å². The second kappa shape index (κ2) is 5.17. The third-order valence-electron chi connectivity index (χ3n) is 1.94. The largest absolute Gasteiger partial charge is 0.354 e. The van der Waals surface area contributed by atoms with Crippen LogP contribution >= 0.6 is 43.5 Å². The quantitative estimate of drug-likeness (QED) is 0.760. The molecule has 0 aliphatic rings. The third kappa shape index (κ3) is 2.97. The van der Waals surface area contributed by atoms with E-state index in [0.29, 0.717) is 5.15 Å². The number of rotatable bonds is 2. The lowest BCUT2D eigenvalue weighted by molar-refractivity contribution is 1.32. The second-order valence-electron chi connectivity index (χ2n) is 3.12. The van der Waals surface area contributed by atoms with Crippen molar-refractivity contribution >= 4 is 54.8 Å². The van der Waals surface area contributed by atoms with Crippen LogP contribution in [0.5, 0.6) is 0 Å². The van der Waals surface area contributed by atoms with Crippen LogP contribution in [-0.4, -0.2) is 4.98 Å². The number of benzene rings is 1. The molecule has 1 heterocycles. The van der Waals surface area contributed by atoms with Crippen molar-refractivity contribution in [3.05, 3.63) is 50.6 Å². The zero-order valence-electron chi connectivity index (χ0n) is 8.05. The van der Waals surface area contributed by atoms with Gasteiger partial charge in [0, 0.05) is 20.8 Å². The van der Waals surface area contributed by atoms with Gasteiger partial charge in [0.25, 0.3) is 0 Å². The summed E-state index contributed by atoms with van der Waals surface area (Å²) < 4.78 is 2.01. The van der Waals surface area contributed by atoms with Crippen LogP contribution in [-0.2, 0) is 0 Å². The van der Waals surface area contributed by atoms with E-state index in [1.807, 2.05) is 24.3 Å². The number of aromatic nitrogens is 1. The van der Waals surface area contributed by atoms with Gasteiger partial charge in [-0.3, -0.25) is 0 Å². The van der Waals surface area contributed by atoms with Crippen LogP contribution in [0.2, 0.25) is 5.15 Å². The fraction of sp³-hybridized carbons (Fsp3) is 0. The molecule has 16 heavy (non-hydrogen) atoms. The molecule has 0 amide bonds. The molecular formula is C11H7Br2ClN2. The van der Waals surface area contributed by atoms with Gasteiger partial charge in [-0.1, -0.05) is 27.5 Å². The molecule has 2 nitrogen and oxygen atoms in total. The molecule has 0 saturated carbocycles. The molecular weight excluding hydrogens is 355 g/mol. The van der Waals surface area contributed by atoms with Gasteiger partial charge < -0.3 is 5.32 Å². The minimum absolute atomic E-state index is 0.471. The number of anilines is 2. The molecule has 0 atom stereocenters. The Kier molecular flexibility index (Phi) is 3.84. The molecule has 0 bridgehead atoms. The van der Waals surface area contributed by atoms with E-state index in [0.717, 1.165) is 20.3 Å². The molecule has 0 unspecified atom stereocenters. The Morgan fingerprint density at radius 2 is 1.94 bits per heavy atom. The number of hydrogen-bond acceptors (Lipinski definition) is 2. The van der Waals surface area contributed by atoms with Gasteiger partial charge in [0.05, 0.1) is 5.69 Å². The molecule has 2 aromatic rings. The van der Waals surface area contributed by atoms with Crippen LogP contribution in [0.25, 0.3) is 0 Å². The SMILES string of the molecule is Clc1cc(Nc2ccc(Br)cc2Br)ccn1. The van der Waals surface area contributed by atoms with Crippen LogP contribution in [0.4, 0.5) is 11.4 Å². The van der Waals surface area contributed by atoms with Crippen LogP contribution in [0.1, 0.15) is 0 Å². The molecule has 82 valence electrons. The van der Waals surface area contributed by atoms with Gasteiger partial charge in [-0.25, -0.2) is 4.98 Å². The lowest BCUT2D eigenvalue weighted by atomic mass is 10.3. The molecule has 0 spiro atoms. The number of nitrogens with one attached hydrogen (secondary N) is 1. The Morgan fingerprint density at radius 1 is 1.12 bits per heavy atom. The predicted octanol–water partition coefficient (Wildman–Crippen LogP) is 5.00. The fourth-order valence-electron chi connectivity index (χ4n) is 1.23. The van der Waals surface area contributed by atoms with Crippen LogP contribution in [0.3, 0.4) is 0 Å². The highest BCUT2D eigenvalue weighted by Gasteiger charge is 2.01. The maximum atomic E-state index is 5.81. The smallest absolute Gasteiger partial charge is 0.131 e. The van der Waals surface area contributed by atoms with E-state index in [1.165, 1.54) is 0 Å². The zero-order chi connectivity index (χ0) is 11.5. The van der Waals surface area contributed by atoms with Crippen molar-refractivity contribution in [2.24, 2.45) is 0 Å². The van der Waals surface area contributed by atoms with Crippen molar-refractivity contribution in [1.29, 1.82) is 0 Å². The van der Waals surface area contributed by atoms with Crippen LogP contribution < -0.4 is 5.32 Å². The summed E-state index contributed by atoms with van der Waals surface area (Å²) >= 11 is 12.7. The minimum atomic E-state index is 0.471. The van der Waals surface area contributed by atoms with Gasteiger partial charge in [0.15, 0.2) is 0 Å². The lowest BCUT2D eigenvalue weighted by Gasteiger charge is -2.08. The van der Waals surface area contributed by atoms with Gasteiger partial charge in [0.2, 0.25) is 0 Å². The van der Waals surface area contributed by atoms with Gasteiger partial charge >= 0.3 is 0 Å². The summed E-state index contributed by atoms with van der Waals surface area (Å²) in [6, 6.07) is 9.56. The first-order valence-corrected chi connectivity index (χ1v) is 6.45. The summed E-state index contributed by atoms with van der Waals surface area (Å²) in [7, 11) is 0. The molecule has 0 aliphatic heterocycles. The normalized spacial score (nSPS) is 10.2. The summed E-state index contributed by atoms with van der Waals surface area (Å²) in [5, 5.41) is 3.72. The van der Waals surface area contributed by atoms with Gasteiger partial charge in [-0.15, -0.1) is 0 Å². The summed E-state index contributed by atoms with van der Waals surface area (Å²) in [5.41, 5.74) is 1.88. The first-order chi connectivity index (χ1) is 7.65. The first kappa shape index (κ1) is 11.9. The summed E-state index contributed by atoms with van der Waals surface area (Å²) in [4.78, 5) is 3.92. The number of hydrogen-bond donors (Lipinski definition) is 1. The van der Waals surface area contributed by atoms with Gasteiger partial charge in [0.1, 0.15) is 5.15 Å². The Hall–Kier alpha value is -0.580. The van der Waals surface area contributed by atoms with Crippen molar-refractivity contribution in [3.8, 4) is 0 Å². The van der Waals surface area contributed by atoms with Crippen molar-refractivity contribution in [2.75, 3.05) is 5.32 Å². The first-order valence-electron chi connectivity index (χ1n) is 4.49. The summed E-state index contributed by atoms with van der Waals surface area (Å²) in [6.45, 7) is 0. The van der Waals surface area contributed by atoms with E-state index < -0.39 is 0 Å². The molecule has 1 N–H and O–H groups in total. The monoisotopic (exact) mass is 360 g/mol. The Labute approximate surface area is 115 Å². The topological polar surface area (TPSA) is 24.9 Å². The maximum Gasteiger partial charge on any atom is 0.131 e. The third-order valence-corrected chi connectivity index (χ3v) is 3.29. The van der Waals surface area contributed by atoms with Crippen molar-refractivity contribution in [2.45, 2.75) is 0 Å². The Morgan fingerprint density at radius 3 is 2.62 bits per heavy atom. The molecule has 5 heteroatoms. The second-order valence-corrected chi connectivity index (χ2v) is 5.27. The summed E-state index contributed by atoms with van der Waals surface area (Å²) in [5.74, 6) is 0. The zero-order valence-corrected chi connectivity index (χ0v) is 12.0. The molecule has 1 aromatic carbocycles. The molecule has 0 saturated heterocycles. The molecule has 0 radical (unpaired) electrons. The lowest BCUT2D eigenvalue weighted by Crippen LogP contribution is -1.91. The Balaban J connectivity index is 2.27. The van der Waals surface area contributed by atoms with E-state index in [2.05, 4.69) is 42.2 Å². The average Bonchev–Trinajstić information content (AvgIpc) is 2.22. The molecule has 2 rings (SSSR count). The van der Waals surface area contributed by atoms with Gasteiger partial charge in [-0.05, 0) is 46.3 Å². The van der Waals surface area contributed by atoms with Crippen molar-refractivity contribution in [1.82, 2.24) is 4.98 Å².